The van der Waals surface area contributed by atoms with Gasteiger partial charge < -0.3 is 28.8 Å². The Morgan fingerprint density at radius 2 is 1.84 bits per heavy atom. The Labute approximate surface area is 222 Å². The molecular weight excluding hydrogens is 540 g/mol. The van der Waals surface area contributed by atoms with Gasteiger partial charge in [-0.15, -0.1) is 0 Å². The van der Waals surface area contributed by atoms with Crippen molar-refractivity contribution in [2.45, 2.75) is 18.9 Å². The summed E-state index contributed by atoms with van der Waals surface area (Å²) in [7, 11) is 0. The molecular formula is C27H27BrN4O5. The van der Waals surface area contributed by atoms with Crippen molar-refractivity contribution >= 4 is 39.1 Å². The minimum absolute atomic E-state index is 0.0455. The van der Waals surface area contributed by atoms with E-state index in [0.29, 0.717) is 61.2 Å². The lowest BCUT2D eigenvalue weighted by Crippen LogP contribution is -2.47. The minimum atomic E-state index is -0.392. The van der Waals surface area contributed by atoms with Crippen molar-refractivity contribution in [1.29, 1.82) is 0 Å². The SMILES string of the molecule is O=C(Nc1cc(C(=O)N2CCOCC2)ccc1N1CC2CC(C1)c1cccc(=O)n1C2)c1ccc(Br)o1. The van der Waals surface area contributed by atoms with Gasteiger partial charge in [0, 0.05) is 56.0 Å². The molecule has 192 valence electrons. The van der Waals surface area contributed by atoms with Crippen LogP contribution in [0, 0.1) is 5.92 Å². The van der Waals surface area contributed by atoms with Crippen molar-refractivity contribution < 1.29 is 18.7 Å². The molecule has 2 aromatic heterocycles. The summed E-state index contributed by atoms with van der Waals surface area (Å²) in [5.74, 6) is 0.213. The lowest BCUT2D eigenvalue weighted by molar-refractivity contribution is 0.0303. The Morgan fingerprint density at radius 3 is 2.62 bits per heavy atom. The third-order valence-corrected chi connectivity index (χ3v) is 7.83. The van der Waals surface area contributed by atoms with Gasteiger partial charge in [0.1, 0.15) is 0 Å². The highest BCUT2D eigenvalue weighted by Gasteiger charge is 2.35. The molecule has 2 atom stereocenters. The number of carbonyl (C=O) groups is 2. The predicted molar refractivity (Wildman–Crippen MR) is 141 cm³/mol. The summed E-state index contributed by atoms with van der Waals surface area (Å²) in [6, 6.07) is 14.2. The number of ether oxygens (including phenoxy) is 1. The Kier molecular flexibility index (Phi) is 6.37. The van der Waals surface area contributed by atoms with Crippen molar-refractivity contribution in [3.8, 4) is 0 Å². The molecule has 10 heteroatoms. The van der Waals surface area contributed by atoms with E-state index >= 15 is 0 Å². The Morgan fingerprint density at radius 1 is 1.00 bits per heavy atom. The van der Waals surface area contributed by atoms with Gasteiger partial charge in [0.05, 0.1) is 24.6 Å². The molecule has 2 unspecified atom stereocenters. The van der Waals surface area contributed by atoms with Crippen LogP contribution in [0.5, 0.6) is 0 Å². The van der Waals surface area contributed by atoms with Crippen LogP contribution in [-0.2, 0) is 11.3 Å². The zero-order chi connectivity index (χ0) is 25.5. The molecule has 0 aliphatic carbocycles. The average molecular weight is 567 g/mol. The zero-order valence-corrected chi connectivity index (χ0v) is 21.8. The summed E-state index contributed by atoms with van der Waals surface area (Å²) in [6.07, 6.45) is 1.02. The third kappa shape index (κ3) is 4.71. The minimum Gasteiger partial charge on any atom is -0.444 e. The number of carbonyl (C=O) groups excluding carboxylic acids is 2. The van der Waals surface area contributed by atoms with E-state index in [-0.39, 0.29) is 23.1 Å². The van der Waals surface area contributed by atoms with Crippen LogP contribution < -0.4 is 15.8 Å². The van der Waals surface area contributed by atoms with E-state index in [1.165, 1.54) is 0 Å². The van der Waals surface area contributed by atoms with Crippen LogP contribution in [0.3, 0.4) is 0 Å². The van der Waals surface area contributed by atoms with Gasteiger partial charge >= 0.3 is 0 Å². The Bertz CT molecular complexity index is 1410. The van der Waals surface area contributed by atoms with Gasteiger partial charge in [-0.1, -0.05) is 6.07 Å². The summed E-state index contributed by atoms with van der Waals surface area (Å²) in [5, 5.41) is 2.98. The highest BCUT2D eigenvalue weighted by atomic mass is 79.9. The number of halogens is 1. The molecule has 9 nitrogen and oxygen atoms in total. The number of rotatable bonds is 4. The van der Waals surface area contributed by atoms with Gasteiger partial charge in [0.15, 0.2) is 10.4 Å². The zero-order valence-electron chi connectivity index (χ0n) is 20.2. The number of amides is 2. The molecule has 2 amide bonds. The topological polar surface area (TPSA) is 97.0 Å². The van der Waals surface area contributed by atoms with Crippen LogP contribution in [0.25, 0.3) is 0 Å². The number of fused-ring (bicyclic) bond motifs is 4. The second kappa shape index (κ2) is 9.83. The second-order valence-electron chi connectivity index (χ2n) is 9.80. The first-order valence-corrected chi connectivity index (χ1v) is 13.3. The number of pyridine rings is 1. The number of hydrogen-bond donors (Lipinski definition) is 1. The number of nitrogens with one attached hydrogen (secondary N) is 1. The lowest BCUT2D eigenvalue weighted by Gasteiger charge is -2.44. The molecule has 37 heavy (non-hydrogen) atoms. The number of morpholine rings is 1. The summed E-state index contributed by atoms with van der Waals surface area (Å²) in [6.45, 7) is 4.25. The van der Waals surface area contributed by atoms with Crippen LogP contribution in [0.15, 0.2) is 62.4 Å². The fraction of sp³-hybridized carbons (Fsp3) is 0.370. The average Bonchev–Trinajstić information content (AvgIpc) is 3.36. The number of aromatic nitrogens is 1. The number of benzene rings is 1. The summed E-state index contributed by atoms with van der Waals surface area (Å²) in [4.78, 5) is 42.7. The smallest absolute Gasteiger partial charge is 0.291 e. The molecule has 0 radical (unpaired) electrons. The van der Waals surface area contributed by atoms with Crippen LogP contribution in [-0.4, -0.2) is 60.7 Å². The largest absolute Gasteiger partial charge is 0.444 e. The van der Waals surface area contributed by atoms with Crippen LogP contribution >= 0.6 is 15.9 Å². The molecule has 3 aliphatic heterocycles. The van der Waals surface area contributed by atoms with Crippen LogP contribution in [0.2, 0.25) is 0 Å². The van der Waals surface area contributed by atoms with Crippen molar-refractivity contribution in [3.05, 3.63) is 80.6 Å². The third-order valence-electron chi connectivity index (χ3n) is 7.41. The fourth-order valence-corrected chi connectivity index (χ4v) is 6.01. The van der Waals surface area contributed by atoms with E-state index in [0.717, 1.165) is 24.3 Å². The van der Waals surface area contributed by atoms with Crippen molar-refractivity contribution in [3.63, 3.8) is 0 Å². The van der Waals surface area contributed by atoms with Crippen molar-refractivity contribution in [2.24, 2.45) is 5.92 Å². The maximum Gasteiger partial charge on any atom is 0.291 e. The Balaban J connectivity index is 1.33. The number of hydrogen-bond acceptors (Lipinski definition) is 6. The van der Waals surface area contributed by atoms with Gasteiger partial charge in [-0.2, -0.15) is 0 Å². The maximum absolute atomic E-state index is 13.2. The van der Waals surface area contributed by atoms with E-state index < -0.39 is 5.91 Å². The quantitative estimate of drug-likeness (QED) is 0.518. The van der Waals surface area contributed by atoms with E-state index in [4.69, 9.17) is 9.15 Å². The molecule has 3 aromatic rings. The summed E-state index contributed by atoms with van der Waals surface area (Å²) < 4.78 is 13.2. The van der Waals surface area contributed by atoms with Crippen LogP contribution in [0.4, 0.5) is 11.4 Å². The molecule has 5 heterocycles. The number of furan rings is 1. The van der Waals surface area contributed by atoms with Gasteiger partial charge in [0.2, 0.25) is 0 Å². The standard InChI is InChI=1S/C27H27BrN4O5/c28-24-7-6-23(37-24)26(34)29-20-13-18(27(35)30-8-10-36-11-9-30)4-5-22(20)31-14-17-12-19(16-31)21-2-1-3-25(33)32(21)15-17/h1-7,13,17,19H,8-12,14-16H2,(H,29,34). The fourth-order valence-electron chi connectivity index (χ4n) is 5.71. The molecule has 3 aliphatic rings. The summed E-state index contributed by atoms with van der Waals surface area (Å²) in [5.41, 5.74) is 3.01. The lowest BCUT2D eigenvalue weighted by atomic mass is 9.83. The van der Waals surface area contributed by atoms with E-state index in [9.17, 15) is 14.4 Å². The molecule has 1 aromatic carbocycles. The highest BCUT2D eigenvalue weighted by Crippen LogP contribution is 2.39. The molecule has 1 N–H and O–H groups in total. The van der Waals surface area contributed by atoms with Crippen LogP contribution in [0.1, 0.15) is 38.9 Å². The van der Waals surface area contributed by atoms with E-state index in [2.05, 4.69) is 26.1 Å². The van der Waals surface area contributed by atoms with E-state index in [1.54, 1.807) is 29.2 Å². The van der Waals surface area contributed by atoms with Gasteiger partial charge in [-0.25, -0.2) is 0 Å². The van der Waals surface area contributed by atoms with E-state index in [1.807, 2.05) is 28.8 Å². The monoisotopic (exact) mass is 566 g/mol. The molecule has 2 saturated heterocycles. The van der Waals surface area contributed by atoms with Gasteiger partial charge in [-0.3, -0.25) is 14.4 Å². The number of nitrogens with zero attached hydrogens (tertiary/aromatic N) is 3. The molecule has 0 saturated carbocycles. The molecule has 2 bridgehead atoms. The van der Waals surface area contributed by atoms with Gasteiger partial charge in [-0.05, 0) is 64.7 Å². The maximum atomic E-state index is 13.2. The first-order chi connectivity index (χ1) is 18.0. The van der Waals surface area contributed by atoms with Gasteiger partial charge in [0.25, 0.3) is 17.4 Å². The number of piperidine rings is 1. The highest BCUT2D eigenvalue weighted by molar-refractivity contribution is 9.10. The predicted octanol–water partition coefficient (Wildman–Crippen LogP) is 3.55. The summed E-state index contributed by atoms with van der Waals surface area (Å²) >= 11 is 3.24. The second-order valence-corrected chi connectivity index (χ2v) is 10.6. The molecule has 2 fully saturated rings. The number of anilines is 2. The molecule has 0 spiro atoms. The van der Waals surface area contributed by atoms with Crippen molar-refractivity contribution in [2.75, 3.05) is 49.6 Å². The molecule has 6 rings (SSSR count). The normalized spacial score (nSPS) is 20.9. The first-order valence-electron chi connectivity index (χ1n) is 12.5. The van der Waals surface area contributed by atoms with Crippen molar-refractivity contribution in [1.82, 2.24) is 9.47 Å². The first kappa shape index (κ1) is 24.0. The Hall–Kier alpha value is -3.37.